The van der Waals surface area contributed by atoms with Gasteiger partial charge < -0.3 is 9.47 Å². The van der Waals surface area contributed by atoms with E-state index in [-0.39, 0.29) is 6.29 Å². The molecule has 2 nitrogen and oxygen atoms in total. The standard InChI is InChI=1S/C30H62O2/c1-5-7-9-11-13-15-17-19-21-23-25-27-32-30(28-29(3)4)31-26-24-22-20-18-16-14-12-10-8-6-2/h29-30H,5-28H2,1-4H3. The normalized spacial score (nSPS) is 12.7. The van der Waals surface area contributed by atoms with E-state index in [0.29, 0.717) is 5.92 Å². The highest BCUT2D eigenvalue weighted by molar-refractivity contribution is 4.54. The van der Waals surface area contributed by atoms with Gasteiger partial charge in [-0.2, -0.15) is 0 Å². The molecule has 2 heteroatoms. The fourth-order valence-corrected chi connectivity index (χ4v) is 4.35. The molecule has 1 unspecified atom stereocenters. The Kier molecular flexibility index (Phi) is 27.1. The van der Waals surface area contributed by atoms with Crippen LogP contribution in [0.4, 0.5) is 0 Å². The first kappa shape index (κ1) is 31.9. The highest BCUT2D eigenvalue weighted by Crippen LogP contribution is 2.15. The van der Waals surface area contributed by atoms with Gasteiger partial charge in [0.25, 0.3) is 0 Å². The summed E-state index contributed by atoms with van der Waals surface area (Å²) < 4.78 is 12.2. The molecule has 194 valence electrons. The molecule has 0 N–H and O–H groups in total. The van der Waals surface area contributed by atoms with E-state index in [1.165, 1.54) is 135 Å². The van der Waals surface area contributed by atoms with Gasteiger partial charge in [0, 0.05) is 19.6 Å². The van der Waals surface area contributed by atoms with Crippen LogP contribution in [0, 0.1) is 5.92 Å². The van der Waals surface area contributed by atoms with Gasteiger partial charge in [-0.25, -0.2) is 0 Å². The zero-order valence-electron chi connectivity index (χ0n) is 22.9. The zero-order valence-corrected chi connectivity index (χ0v) is 22.9. The first-order valence-corrected chi connectivity index (χ1v) is 14.9. The summed E-state index contributed by atoms with van der Waals surface area (Å²) in [5.74, 6) is 0.630. The molecule has 0 aromatic rings. The maximum atomic E-state index is 6.11. The van der Waals surface area contributed by atoms with Gasteiger partial charge in [-0.1, -0.05) is 150 Å². The molecule has 0 bridgehead atoms. The number of hydrogen-bond donors (Lipinski definition) is 0. The second-order valence-corrected chi connectivity index (χ2v) is 10.5. The fraction of sp³-hybridized carbons (Fsp3) is 1.00. The highest BCUT2D eigenvalue weighted by atomic mass is 16.7. The Morgan fingerprint density at radius 3 is 0.969 bits per heavy atom. The summed E-state index contributed by atoms with van der Waals surface area (Å²) in [5.41, 5.74) is 0. The molecular weight excluding hydrogens is 392 g/mol. The molecule has 0 heterocycles. The van der Waals surface area contributed by atoms with Crippen LogP contribution in [0.25, 0.3) is 0 Å². The SMILES string of the molecule is CCCCCCCCCCCCCOC(CC(C)C)OCCCCCCCCCCCC. The smallest absolute Gasteiger partial charge is 0.157 e. The highest BCUT2D eigenvalue weighted by Gasteiger charge is 2.11. The first-order valence-electron chi connectivity index (χ1n) is 14.9. The van der Waals surface area contributed by atoms with Crippen LogP contribution in [-0.2, 0) is 9.47 Å². The lowest BCUT2D eigenvalue weighted by molar-refractivity contribution is -0.152. The second kappa shape index (κ2) is 27.2. The van der Waals surface area contributed by atoms with Crippen LogP contribution in [0.3, 0.4) is 0 Å². The molecule has 0 saturated carbocycles. The molecule has 0 radical (unpaired) electrons. The van der Waals surface area contributed by atoms with Crippen LogP contribution in [-0.4, -0.2) is 19.5 Å². The molecular formula is C30H62O2. The summed E-state index contributed by atoms with van der Waals surface area (Å²) in [6.07, 6.45) is 30.0. The van der Waals surface area contributed by atoms with Gasteiger partial charge in [-0.05, 0) is 18.8 Å². The van der Waals surface area contributed by atoms with E-state index in [4.69, 9.17) is 9.47 Å². The second-order valence-electron chi connectivity index (χ2n) is 10.5. The topological polar surface area (TPSA) is 18.5 Å². The number of ether oxygens (including phenoxy) is 2. The Labute approximate surface area is 204 Å². The average Bonchev–Trinajstić information content (AvgIpc) is 2.77. The van der Waals surface area contributed by atoms with E-state index in [1.54, 1.807) is 0 Å². The quantitative estimate of drug-likeness (QED) is 0.0907. The fourth-order valence-electron chi connectivity index (χ4n) is 4.35. The van der Waals surface area contributed by atoms with E-state index in [2.05, 4.69) is 27.7 Å². The summed E-state index contributed by atoms with van der Waals surface area (Å²) in [7, 11) is 0. The van der Waals surface area contributed by atoms with Crippen molar-refractivity contribution in [3.63, 3.8) is 0 Å². The molecule has 0 saturated heterocycles. The lowest BCUT2D eigenvalue weighted by Gasteiger charge is -2.20. The minimum Gasteiger partial charge on any atom is -0.353 e. The van der Waals surface area contributed by atoms with Crippen LogP contribution >= 0.6 is 0 Å². The monoisotopic (exact) mass is 454 g/mol. The lowest BCUT2D eigenvalue weighted by Crippen LogP contribution is -2.21. The third kappa shape index (κ3) is 26.2. The van der Waals surface area contributed by atoms with Crippen molar-refractivity contribution in [3.05, 3.63) is 0 Å². The van der Waals surface area contributed by atoms with Gasteiger partial charge >= 0.3 is 0 Å². The Hall–Kier alpha value is -0.0800. The van der Waals surface area contributed by atoms with Crippen molar-refractivity contribution in [2.75, 3.05) is 13.2 Å². The molecule has 0 aromatic carbocycles. The minimum absolute atomic E-state index is 0.0108. The van der Waals surface area contributed by atoms with Crippen LogP contribution < -0.4 is 0 Å². The van der Waals surface area contributed by atoms with Crippen molar-refractivity contribution in [2.45, 2.75) is 175 Å². The maximum Gasteiger partial charge on any atom is 0.157 e. The minimum atomic E-state index is 0.0108. The van der Waals surface area contributed by atoms with Crippen molar-refractivity contribution in [2.24, 2.45) is 5.92 Å². The molecule has 0 fully saturated rings. The largest absolute Gasteiger partial charge is 0.353 e. The molecule has 0 aliphatic heterocycles. The Morgan fingerprint density at radius 1 is 0.406 bits per heavy atom. The molecule has 32 heavy (non-hydrogen) atoms. The summed E-state index contributed by atoms with van der Waals surface area (Å²) in [5, 5.41) is 0. The number of unbranched alkanes of at least 4 members (excludes halogenated alkanes) is 19. The first-order chi connectivity index (χ1) is 15.7. The summed E-state index contributed by atoms with van der Waals surface area (Å²) in [4.78, 5) is 0. The van der Waals surface area contributed by atoms with E-state index in [0.717, 1.165) is 19.6 Å². The van der Waals surface area contributed by atoms with Gasteiger partial charge in [0.2, 0.25) is 0 Å². The van der Waals surface area contributed by atoms with Crippen LogP contribution in [0.15, 0.2) is 0 Å². The van der Waals surface area contributed by atoms with Crippen LogP contribution in [0.1, 0.15) is 169 Å². The average molecular weight is 455 g/mol. The summed E-state index contributed by atoms with van der Waals surface area (Å²) in [6, 6.07) is 0. The van der Waals surface area contributed by atoms with E-state index in [1.807, 2.05) is 0 Å². The maximum absolute atomic E-state index is 6.11. The predicted octanol–water partition coefficient (Wildman–Crippen LogP) is 10.6. The van der Waals surface area contributed by atoms with Crippen LogP contribution in [0.5, 0.6) is 0 Å². The van der Waals surface area contributed by atoms with Crippen molar-refractivity contribution in [1.82, 2.24) is 0 Å². The lowest BCUT2D eigenvalue weighted by atomic mass is 10.1. The van der Waals surface area contributed by atoms with Crippen molar-refractivity contribution in [1.29, 1.82) is 0 Å². The van der Waals surface area contributed by atoms with Crippen molar-refractivity contribution in [3.8, 4) is 0 Å². The van der Waals surface area contributed by atoms with Crippen molar-refractivity contribution >= 4 is 0 Å². The van der Waals surface area contributed by atoms with E-state index < -0.39 is 0 Å². The summed E-state index contributed by atoms with van der Waals surface area (Å²) >= 11 is 0. The summed E-state index contributed by atoms with van der Waals surface area (Å²) in [6.45, 7) is 10.8. The molecule has 0 aliphatic rings. The van der Waals surface area contributed by atoms with Gasteiger partial charge in [0.05, 0.1) is 0 Å². The van der Waals surface area contributed by atoms with E-state index >= 15 is 0 Å². The third-order valence-electron chi connectivity index (χ3n) is 6.52. The molecule has 0 amide bonds. The Morgan fingerprint density at radius 2 is 0.688 bits per heavy atom. The van der Waals surface area contributed by atoms with Gasteiger partial charge in [0.1, 0.15) is 0 Å². The molecule has 0 rings (SSSR count). The van der Waals surface area contributed by atoms with Gasteiger partial charge in [-0.15, -0.1) is 0 Å². The van der Waals surface area contributed by atoms with Crippen molar-refractivity contribution < 1.29 is 9.47 Å². The van der Waals surface area contributed by atoms with Gasteiger partial charge in [-0.3, -0.25) is 0 Å². The van der Waals surface area contributed by atoms with E-state index in [9.17, 15) is 0 Å². The number of rotatable bonds is 27. The molecule has 0 aliphatic carbocycles. The zero-order chi connectivity index (χ0) is 23.5. The number of hydrogen-bond acceptors (Lipinski definition) is 2. The Balaban J connectivity index is 3.52. The molecule has 0 aromatic heterocycles. The van der Waals surface area contributed by atoms with Crippen LogP contribution in [0.2, 0.25) is 0 Å². The predicted molar refractivity (Wildman–Crippen MR) is 143 cm³/mol. The molecule has 1 atom stereocenters. The Bertz CT molecular complexity index is 329. The third-order valence-corrected chi connectivity index (χ3v) is 6.52. The molecule has 0 spiro atoms. The van der Waals surface area contributed by atoms with Gasteiger partial charge in [0.15, 0.2) is 6.29 Å².